The molecular formula is C22H26N4O5S. The van der Waals surface area contributed by atoms with Crippen molar-refractivity contribution in [2.24, 2.45) is 0 Å². The van der Waals surface area contributed by atoms with Gasteiger partial charge in [0.15, 0.2) is 16.7 Å². The highest BCUT2D eigenvalue weighted by Crippen LogP contribution is 2.42. The van der Waals surface area contributed by atoms with Gasteiger partial charge in [-0.05, 0) is 37.5 Å². The molecule has 1 amide bonds. The second kappa shape index (κ2) is 9.64. The van der Waals surface area contributed by atoms with E-state index < -0.39 is 11.5 Å². The van der Waals surface area contributed by atoms with Gasteiger partial charge in [-0.2, -0.15) is 0 Å². The zero-order chi connectivity index (χ0) is 22.6. The van der Waals surface area contributed by atoms with Crippen LogP contribution in [0.1, 0.15) is 48.5 Å². The highest BCUT2D eigenvalue weighted by Gasteiger charge is 2.37. The van der Waals surface area contributed by atoms with Gasteiger partial charge in [0.2, 0.25) is 5.91 Å². The Hall–Kier alpha value is -3.01. The van der Waals surface area contributed by atoms with E-state index in [4.69, 9.17) is 19.9 Å². The lowest BCUT2D eigenvalue weighted by molar-refractivity contribution is -0.120. The van der Waals surface area contributed by atoms with E-state index in [0.29, 0.717) is 24.1 Å². The van der Waals surface area contributed by atoms with Crippen LogP contribution in [0, 0.1) is 0 Å². The fourth-order valence-electron chi connectivity index (χ4n) is 4.05. The highest BCUT2D eigenvalue weighted by molar-refractivity contribution is 7.99. The van der Waals surface area contributed by atoms with E-state index in [1.54, 1.807) is 6.92 Å². The molecule has 1 aliphatic carbocycles. The topological polar surface area (TPSA) is 126 Å². The number of carbonyl (C=O) groups excluding carboxylic acids is 2. The van der Waals surface area contributed by atoms with Crippen LogP contribution < -0.4 is 20.5 Å². The Balaban J connectivity index is 1.42. The Labute approximate surface area is 190 Å². The van der Waals surface area contributed by atoms with Crippen LogP contribution in [0.3, 0.4) is 0 Å². The third-order valence-electron chi connectivity index (χ3n) is 5.55. The van der Waals surface area contributed by atoms with E-state index in [1.165, 1.54) is 18.0 Å². The first-order valence-corrected chi connectivity index (χ1v) is 11.6. The Kier molecular flexibility index (Phi) is 6.69. The van der Waals surface area contributed by atoms with Crippen LogP contribution in [0.4, 0.5) is 5.82 Å². The van der Waals surface area contributed by atoms with Crippen molar-refractivity contribution in [2.75, 3.05) is 31.3 Å². The predicted molar refractivity (Wildman–Crippen MR) is 119 cm³/mol. The maximum absolute atomic E-state index is 12.8. The van der Waals surface area contributed by atoms with Crippen molar-refractivity contribution in [3.8, 4) is 11.5 Å². The van der Waals surface area contributed by atoms with Gasteiger partial charge in [0, 0.05) is 6.20 Å². The molecular weight excluding hydrogens is 432 g/mol. The molecule has 1 aromatic heterocycles. The smallest absolute Gasteiger partial charge is 0.343 e. The van der Waals surface area contributed by atoms with Crippen molar-refractivity contribution in [1.29, 1.82) is 0 Å². The van der Waals surface area contributed by atoms with Crippen molar-refractivity contribution in [1.82, 2.24) is 15.3 Å². The average molecular weight is 459 g/mol. The molecule has 2 heterocycles. The number of hydrogen-bond acceptors (Lipinski definition) is 9. The minimum absolute atomic E-state index is 0.0323. The number of nitrogens with zero attached hydrogens (tertiary/aromatic N) is 2. The molecule has 0 spiro atoms. The number of carbonyl (C=O) groups is 2. The third-order valence-corrected chi connectivity index (χ3v) is 6.42. The first kappa shape index (κ1) is 22.2. The summed E-state index contributed by atoms with van der Waals surface area (Å²) in [4.78, 5) is 32.9. The Morgan fingerprint density at radius 2 is 1.97 bits per heavy atom. The van der Waals surface area contributed by atoms with E-state index in [1.807, 2.05) is 18.2 Å². The van der Waals surface area contributed by atoms with Crippen molar-refractivity contribution < 1.29 is 23.8 Å². The first-order chi connectivity index (χ1) is 15.5. The SMILES string of the molecule is CCOC(=O)c1cnc(SCC(=O)NC2(c3ccc4c(c3)OCCO4)CCCC2)nc1N. The number of thioether (sulfide) groups is 1. The van der Waals surface area contributed by atoms with Crippen LogP contribution in [-0.2, 0) is 15.1 Å². The maximum Gasteiger partial charge on any atom is 0.343 e. The lowest BCUT2D eigenvalue weighted by Gasteiger charge is -2.32. The predicted octanol–water partition coefficient (Wildman–Crippen LogP) is 2.68. The van der Waals surface area contributed by atoms with E-state index in [9.17, 15) is 9.59 Å². The summed E-state index contributed by atoms with van der Waals surface area (Å²) in [7, 11) is 0. The molecule has 0 saturated heterocycles. The summed E-state index contributed by atoms with van der Waals surface area (Å²) in [5.74, 6) is 0.922. The standard InChI is InChI=1S/C22H26N4O5S/c1-2-29-20(28)15-12-24-21(25-19(15)23)32-13-18(27)26-22(7-3-4-8-22)14-5-6-16-17(11-14)31-10-9-30-16/h5-6,11-12H,2-4,7-10,13H2,1H3,(H,26,27)(H2,23,24,25). The first-order valence-electron chi connectivity index (χ1n) is 10.6. The molecule has 0 unspecified atom stereocenters. The summed E-state index contributed by atoms with van der Waals surface area (Å²) in [5, 5.41) is 3.55. The van der Waals surface area contributed by atoms with E-state index in [0.717, 1.165) is 37.0 Å². The number of aromatic nitrogens is 2. The summed E-state index contributed by atoms with van der Waals surface area (Å²) >= 11 is 1.17. The molecule has 4 rings (SSSR count). The summed E-state index contributed by atoms with van der Waals surface area (Å²) < 4.78 is 16.3. The van der Waals surface area contributed by atoms with E-state index in [-0.39, 0.29) is 29.6 Å². The third kappa shape index (κ3) is 4.74. The molecule has 1 saturated carbocycles. The minimum atomic E-state index is -0.568. The second-order valence-electron chi connectivity index (χ2n) is 7.66. The Bertz CT molecular complexity index is 1010. The molecule has 9 nitrogen and oxygen atoms in total. The lowest BCUT2D eigenvalue weighted by Crippen LogP contribution is -2.44. The lowest BCUT2D eigenvalue weighted by atomic mass is 9.87. The van der Waals surface area contributed by atoms with Gasteiger partial charge < -0.3 is 25.3 Å². The van der Waals surface area contributed by atoms with Gasteiger partial charge in [0.25, 0.3) is 0 Å². The van der Waals surface area contributed by atoms with Crippen LogP contribution in [-0.4, -0.2) is 47.4 Å². The number of anilines is 1. The summed E-state index contributed by atoms with van der Waals surface area (Å²) in [6, 6.07) is 5.89. The van der Waals surface area contributed by atoms with Crippen molar-refractivity contribution in [3.05, 3.63) is 35.5 Å². The van der Waals surface area contributed by atoms with E-state index >= 15 is 0 Å². The van der Waals surface area contributed by atoms with Gasteiger partial charge in [0.05, 0.1) is 17.9 Å². The van der Waals surface area contributed by atoms with Crippen molar-refractivity contribution in [2.45, 2.75) is 43.3 Å². The summed E-state index contributed by atoms with van der Waals surface area (Å²) in [6.07, 6.45) is 5.13. The molecule has 170 valence electrons. The fraction of sp³-hybridized carbons (Fsp3) is 0.455. The number of esters is 1. The summed E-state index contributed by atoms with van der Waals surface area (Å²) in [5.41, 5.74) is 6.57. The zero-order valence-electron chi connectivity index (χ0n) is 17.9. The second-order valence-corrected chi connectivity index (χ2v) is 8.60. The molecule has 2 aromatic rings. The molecule has 1 aromatic carbocycles. The number of fused-ring (bicyclic) bond motifs is 1. The van der Waals surface area contributed by atoms with Crippen molar-refractivity contribution in [3.63, 3.8) is 0 Å². The number of benzene rings is 1. The number of amides is 1. The van der Waals surface area contributed by atoms with Gasteiger partial charge in [-0.1, -0.05) is 30.7 Å². The molecule has 1 fully saturated rings. The molecule has 32 heavy (non-hydrogen) atoms. The van der Waals surface area contributed by atoms with Crippen LogP contribution in [0.5, 0.6) is 11.5 Å². The zero-order valence-corrected chi connectivity index (χ0v) is 18.7. The maximum atomic E-state index is 12.8. The number of nitrogens with two attached hydrogens (primary N) is 1. The highest BCUT2D eigenvalue weighted by atomic mass is 32.2. The quantitative estimate of drug-likeness (QED) is 0.366. The molecule has 1 aliphatic heterocycles. The number of nitrogens with one attached hydrogen (secondary N) is 1. The average Bonchev–Trinajstić information content (AvgIpc) is 3.27. The summed E-state index contributed by atoms with van der Waals surface area (Å²) in [6.45, 7) is 3.00. The normalized spacial score (nSPS) is 16.4. The van der Waals surface area contributed by atoms with Crippen LogP contribution >= 0.6 is 11.8 Å². The Morgan fingerprint density at radius 1 is 1.22 bits per heavy atom. The molecule has 0 bridgehead atoms. The minimum Gasteiger partial charge on any atom is -0.486 e. The van der Waals surface area contributed by atoms with Crippen LogP contribution in [0.25, 0.3) is 0 Å². The van der Waals surface area contributed by atoms with Crippen molar-refractivity contribution >= 4 is 29.5 Å². The van der Waals surface area contributed by atoms with Gasteiger partial charge in [-0.3, -0.25) is 4.79 Å². The van der Waals surface area contributed by atoms with E-state index in [2.05, 4.69) is 15.3 Å². The molecule has 10 heteroatoms. The largest absolute Gasteiger partial charge is 0.486 e. The van der Waals surface area contributed by atoms with Gasteiger partial charge in [0.1, 0.15) is 24.6 Å². The van der Waals surface area contributed by atoms with Crippen LogP contribution in [0.15, 0.2) is 29.6 Å². The van der Waals surface area contributed by atoms with Gasteiger partial charge >= 0.3 is 5.97 Å². The van der Waals surface area contributed by atoms with Gasteiger partial charge in [-0.15, -0.1) is 0 Å². The Morgan fingerprint density at radius 3 is 2.69 bits per heavy atom. The number of ether oxygens (including phenoxy) is 3. The monoisotopic (exact) mass is 458 g/mol. The number of nitrogen functional groups attached to an aromatic ring is 1. The van der Waals surface area contributed by atoms with Crippen LogP contribution in [0.2, 0.25) is 0 Å². The molecule has 3 N–H and O–H groups in total. The van der Waals surface area contributed by atoms with Gasteiger partial charge in [-0.25, -0.2) is 14.8 Å². The molecule has 0 radical (unpaired) electrons. The fourth-order valence-corrected chi connectivity index (χ4v) is 4.67. The number of rotatable bonds is 7. The molecule has 2 aliphatic rings. The number of hydrogen-bond donors (Lipinski definition) is 2. The molecule has 0 atom stereocenters.